The largest absolute Gasteiger partial charge is 0.392 e. The molecule has 6 heteroatoms. The number of hydrogen-bond donors (Lipinski definition) is 3. The predicted octanol–water partition coefficient (Wildman–Crippen LogP) is 3.27. The van der Waals surface area contributed by atoms with Crippen molar-refractivity contribution in [1.82, 2.24) is 10.6 Å². The minimum Gasteiger partial charge on any atom is -0.392 e. The molecule has 0 aromatic heterocycles. The van der Waals surface area contributed by atoms with Crippen LogP contribution in [-0.4, -0.2) is 49.3 Å². The fourth-order valence-corrected chi connectivity index (χ4v) is 6.79. The molecule has 0 aromatic rings. The summed E-state index contributed by atoms with van der Waals surface area (Å²) >= 11 is 0. The maximum atomic E-state index is 12.9. The van der Waals surface area contributed by atoms with Gasteiger partial charge in [-0.05, 0) is 61.7 Å². The van der Waals surface area contributed by atoms with Crippen molar-refractivity contribution in [3.05, 3.63) is 0 Å². The molecule has 3 fully saturated rings. The molecule has 0 saturated heterocycles. The van der Waals surface area contributed by atoms with Gasteiger partial charge >= 0.3 is 0 Å². The zero-order valence-corrected chi connectivity index (χ0v) is 20.0. The number of ether oxygens (including phenoxy) is 1. The highest BCUT2D eigenvalue weighted by Crippen LogP contribution is 2.55. The molecule has 6 nitrogen and oxygen atoms in total. The zero-order chi connectivity index (χ0) is 22.6. The minimum atomic E-state index is -0.522. The van der Waals surface area contributed by atoms with Crippen molar-refractivity contribution in [2.24, 2.45) is 35.0 Å². The van der Waals surface area contributed by atoms with Crippen molar-refractivity contribution in [1.29, 1.82) is 0 Å². The van der Waals surface area contributed by atoms with E-state index < -0.39 is 6.10 Å². The topological polar surface area (TPSA) is 87.7 Å². The number of carbonyl (C=O) groups is 2. The van der Waals surface area contributed by atoms with Crippen molar-refractivity contribution in [3.63, 3.8) is 0 Å². The van der Waals surface area contributed by atoms with E-state index in [1.165, 1.54) is 6.42 Å². The molecular formula is C25H44N2O4. The van der Waals surface area contributed by atoms with Crippen molar-refractivity contribution < 1.29 is 19.4 Å². The molecule has 0 spiro atoms. The molecule has 3 aliphatic rings. The van der Waals surface area contributed by atoms with E-state index in [9.17, 15) is 14.7 Å². The average Bonchev–Trinajstić information content (AvgIpc) is 2.76. The molecule has 31 heavy (non-hydrogen) atoms. The summed E-state index contributed by atoms with van der Waals surface area (Å²) in [5.41, 5.74) is 0.0770. The van der Waals surface area contributed by atoms with E-state index in [1.807, 2.05) is 6.92 Å². The van der Waals surface area contributed by atoms with Gasteiger partial charge in [-0.1, -0.05) is 40.0 Å². The van der Waals surface area contributed by atoms with Gasteiger partial charge < -0.3 is 20.5 Å². The molecule has 1 unspecified atom stereocenters. The quantitative estimate of drug-likeness (QED) is 0.535. The van der Waals surface area contributed by atoms with Crippen LogP contribution in [0.2, 0.25) is 0 Å². The molecule has 0 heterocycles. The highest BCUT2D eigenvalue weighted by Gasteiger charge is 2.54. The number of methoxy groups -OCH3 is 1. The van der Waals surface area contributed by atoms with E-state index in [0.29, 0.717) is 13.2 Å². The summed E-state index contributed by atoms with van der Waals surface area (Å²) in [6.45, 7) is 7.43. The van der Waals surface area contributed by atoms with Gasteiger partial charge in [-0.25, -0.2) is 0 Å². The van der Waals surface area contributed by atoms with Crippen LogP contribution in [0.4, 0.5) is 0 Å². The van der Waals surface area contributed by atoms with Gasteiger partial charge in [0.2, 0.25) is 11.8 Å². The minimum absolute atomic E-state index is 0.00434. The smallest absolute Gasteiger partial charge is 0.223 e. The third-order valence-corrected chi connectivity index (χ3v) is 8.85. The first-order valence-corrected chi connectivity index (χ1v) is 12.5. The summed E-state index contributed by atoms with van der Waals surface area (Å²) in [6.07, 6.45) is 8.96. The summed E-state index contributed by atoms with van der Waals surface area (Å²) in [5.74, 6) is 0.396. The molecule has 3 saturated carbocycles. The monoisotopic (exact) mass is 436 g/mol. The van der Waals surface area contributed by atoms with Crippen LogP contribution in [0.1, 0.15) is 78.6 Å². The highest BCUT2D eigenvalue weighted by molar-refractivity contribution is 5.79. The van der Waals surface area contributed by atoms with Crippen LogP contribution in [-0.2, 0) is 14.3 Å². The van der Waals surface area contributed by atoms with E-state index in [1.54, 1.807) is 7.11 Å². The number of aliphatic hydroxyl groups excluding tert-OH is 1. The maximum absolute atomic E-state index is 12.9. The molecule has 7 atom stereocenters. The molecular weight excluding hydrogens is 392 g/mol. The Kier molecular flexibility index (Phi) is 8.42. The van der Waals surface area contributed by atoms with Gasteiger partial charge in [-0.3, -0.25) is 9.59 Å². The lowest BCUT2D eigenvalue weighted by atomic mass is 9.51. The highest BCUT2D eigenvalue weighted by atomic mass is 16.5. The Labute approximate surface area is 188 Å². The van der Waals surface area contributed by atoms with Crippen molar-refractivity contribution in [2.75, 3.05) is 20.3 Å². The van der Waals surface area contributed by atoms with Crippen molar-refractivity contribution in [2.45, 2.75) is 90.7 Å². The molecule has 0 radical (unpaired) electrons. The third-order valence-electron chi connectivity index (χ3n) is 8.85. The Morgan fingerprint density at radius 3 is 2.48 bits per heavy atom. The summed E-state index contributed by atoms with van der Waals surface area (Å²) in [5, 5.41) is 17.8. The molecule has 178 valence electrons. The number of aliphatic hydroxyl groups is 1. The van der Waals surface area contributed by atoms with E-state index in [2.05, 4.69) is 24.5 Å². The molecule has 0 bridgehead atoms. The molecule has 2 amide bonds. The van der Waals surface area contributed by atoms with Crippen LogP contribution in [0.5, 0.6) is 0 Å². The lowest BCUT2D eigenvalue weighted by Gasteiger charge is -2.56. The Morgan fingerprint density at radius 1 is 1.13 bits per heavy atom. The Hall–Kier alpha value is -1.14. The number of fused-ring (bicyclic) bond motifs is 1. The first-order chi connectivity index (χ1) is 14.8. The van der Waals surface area contributed by atoms with Crippen LogP contribution < -0.4 is 10.6 Å². The van der Waals surface area contributed by atoms with Crippen LogP contribution in [0.25, 0.3) is 0 Å². The van der Waals surface area contributed by atoms with E-state index in [4.69, 9.17) is 4.74 Å². The van der Waals surface area contributed by atoms with Gasteiger partial charge in [0.15, 0.2) is 0 Å². The van der Waals surface area contributed by atoms with Crippen LogP contribution in [0.15, 0.2) is 0 Å². The first-order valence-electron chi connectivity index (χ1n) is 12.5. The van der Waals surface area contributed by atoms with Gasteiger partial charge in [-0.15, -0.1) is 0 Å². The van der Waals surface area contributed by atoms with Crippen molar-refractivity contribution in [3.8, 4) is 0 Å². The van der Waals surface area contributed by atoms with Gasteiger partial charge in [-0.2, -0.15) is 0 Å². The molecule has 3 rings (SSSR count). The number of hydrogen-bond acceptors (Lipinski definition) is 4. The predicted molar refractivity (Wildman–Crippen MR) is 121 cm³/mol. The zero-order valence-electron chi connectivity index (χ0n) is 20.0. The van der Waals surface area contributed by atoms with E-state index >= 15 is 0 Å². The Morgan fingerprint density at radius 2 is 1.81 bits per heavy atom. The standard InChI is InChI=1S/C25H44N2O4/c1-16(23(29)26-14-15-31-4)19-10-12-25(3)13-11-20(17(2)21(25)22(19)28)27-24(30)18-8-6-5-7-9-18/h16-22,28H,5-15H2,1-4H3,(H,26,29)(H,27,30)/t16-,17+,19?,20-,21+,22-,25-/m0/s1. The van der Waals surface area contributed by atoms with Crippen LogP contribution in [0, 0.1) is 35.0 Å². The molecule has 3 aliphatic carbocycles. The summed E-state index contributed by atoms with van der Waals surface area (Å²) in [4.78, 5) is 25.5. The molecule has 3 N–H and O–H groups in total. The van der Waals surface area contributed by atoms with Crippen LogP contribution >= 0.6 is 0 Å². The first kappa shape index (κ1) is 24.5. The number of rotatable bonds is 7. The lowest BCUT2D eigenvalue weighted by molar-refractivity contribution is -0.144. The maximum Gasteiger partial charge on any atom is 0.223 e. The van der Waals surface area contributed by atoms with Gasteiger partial charge in [0.05, 0.1) is 12.7 Å². The fraction of sp³-hybridized carbons (Fsp3) is 0.920. The van der Waals surface area contributed by atoms with E-state index in [-0.39, 0.29) is 52.9 Å². The summed E-state index contributed by atoms with van der Waals surface area (Å²) in [7, 11) is 1.62. The second-order valence-electron chi connectivity index (χ2n) is 10.8. The third kappa shape index (κ3) is 5.44. The van der Waals surface area contributed by atoms with Gasteiger partial charge in [0.25, 0.3) is 0 Å². The SMILES string of the molecule is COCCNC(=O)[C@@H](C)C1CC[C@@]2(C)CC[C@H](NC(=O)C3CCCCC3)[C@@H](C)[C@@H]2[C@H]1O. The summed E-state index contributed by atoms with van der Waals surface area (Å²) < 4.78 is 5.03. The second-order valence-corrected chi connectivity index (χ2v) is 10.8. The van der Waals surface area contributed by atoms with Gasteiger partial charge in [0, 0.05) is 31.5 Å². The second kappa shape index (κ2) is 10.7. The van der Waals surface area contributed by atoms with Crippen molar-refractivity contribution >= 4 is 11.8 Å². The van der Waals surface area contributed by atoms with E-state index in [0.717, 1.165) is 51.4 Å². The fourth-order valence-electron chi connectivity index (χ4n) is 6.79. The van der Waals surface area contributed by atoms with Gasteiger partial charge in [0.1, 0.15) is 0 Å². The molecule has 0 aliphatic heterocycles. The van der Waals surface area contributed by atoms with Crippen LogP contribution in [0.3, 0.4) is 0 Å². The lowest BCUT2D eigenvalue weighted by Crippen LogP contribution is -2.59. The number of nitrogens with one attached hydrogen (secondary N) is 2. The Balaban J connectivity index is 1.65. The molecule has 0 aromatic carbocycles. The Bertz CT molecular complexity index is 621. The normalized spacial score (nSPS) is 37.5. The number of amides is 2. The summed E-state index contributed by atoms with van der Waals surface area (Å²) in [6, 6.07) is 0.117. The average molecular weight is 437 g/mol. The number of carbonyl (C=O) groups excluding carboxylic acids is 2.